The van der Waals surface area contributed by atoms with E-state index in [9.17, 15) is 9.59 Å². The average Bonchev–Trinajstić information content (AvgIpc) is 2.74. The SMILES string of the molecule is C=CC(=O)Nc1ccccc1-c1ccc(NC(=O)Cc2cccc(C#N)c2)cc1C. The van der Waals surface area contributed by atoms with Crippen molar-refractivity contribution in [2.24, 2.45) is 0 Å². The Hall–Kier alpha value is -4.17. The zero-order valence-electron chi connectivity index (χ0n) is 16.6. The number of carbonyl (C=O) groups excluding carboxylic acids is 2. The Morgan fingerprint density at radius 1 is 1.00 bits per heavy atom. The molecule has 3 aromatic carbocycles. The van der Waals surface area contributed by atoms with Crippen LogP contribution in [0.1, 0.15) is 16.7 Å². The van der Waals surface area contributed by atoms with Crippen LogP contribution in [0.5, 0.6) is 0 Å². The average molecular weight is 395 g/mol. The van der Waals surface area contributed by atoms with Crippen molar-refractivity contribution in [3.8, 4) is 17.2 Å². The van der Waals surface area contributed by atoms with Gasteiger partial charge in [-0.2, -0.15) is 5.26 Å². The molecule has 0 aromatic heterocycles. The molecule has 2 N–H and O–H groups in total. The number of amides is 2. The molecule has 0 aliphatic rings. The molecule has 148 valence electrons. The molecule has 0 spiro atoms. The molecule has 2 amide bonds. The molecule has 30 heavy (non-hydrogen) atoms. The number of carbonyl (C=O) groups is 2. The molecule has 0 bridgehead atoms. The summed E-state index contributed by atoms with van der Waals surface area (Å²) in [4.78, 5) is 24.1. The fraction of sp³-hybridized carbons (Fsp3) is 0.0800. The van der Waals surface area contributed by atoms with Crippen molar-refractivity contribution >= 4 is 23.2 Å². The maximum Gasteiger partial charge on any atom is 0.247 e. The van der Waals surface area contributed by atoms with Crippen LogP contribution in [0.15, 0.2) is 79.4 Å². The number of aryl methyl sites for hydroxylation is 1. The minimum atomic E-state index is -0.274. The van der Waals surface area contributed by atoms with Crippen LogP contribution in [0.25, 0.3) is 11.1 Å². The lowest BCUT2D eigenvalue weighted by Gasteiger charge is -2.14. The van der Waals surface area contributed by atoms with Crippen molar-refractivity contribution in [1.29, 1.82) is 5.26 Å². The third-order valence-corrected chi connectivity index (χ3v) is 4.59. The van der Waals surface area contributed by atoms with Gasteiger partial charge < -0.3 is 10.6 Å². The number of anilines is 2. The van der Waals surface area contributed by atoms with Crippen LogP contribution in [0, 0.1) is 18.3 Å². The quantitative estimate of drug-likeness (QED) is 0.586. The number of hydrogen-bond donors (Lipinski definition) is 2. The van der Waals surface area contributed by atoms with Gasteiger partial charge in [0.15, 0.2) is 0 Å². The summed E-state index contributed by atoms with van der Waals surface area (Å²) in [5.41, 5.74) is 5.49. The maximum atomic E-state index is 12.4. The van der Waals surface area contributed by atoms with E-state index in [4.69, 9.17) is 5.26 Å². The lowest BCUT2D eigenvalue weighted by molar-refractivity contribution is -0.115. The van der Waals surface area contributed by atoms with Gasteiger partial charge in [0.05, 0.1) is 18.1 Å². The molecule has 5 heteroatoms. The fourth-order valence-electron chi connectivity index (χ4n) is 3.20. The van der Waals surface area contributed by atoms with Gasteiger partial charge in [0.25, 0.3) is 0 Å². The van der Waals surface area contributed by atoms with Gasteiger partial charge in [0.2, 0.25) is 11.8 Å². The van der Waals surface area contributed by atoms with E-state index in [1.54, 1.807) is 18.2 Å². The highest BCUT2D eigenvalue weighted by Crippen LogP contribution is 2.32. The van der Waals surface area contributed by atoms with E-state index in [0.29, 0.717) is 16.9 Å². The molecular weight excluding hydrogens is 374 g/mol. The topological polar surface area (TPSA) is 82.0 Å². The number of rotatable bonds is 6. The van der Waals surface area contributed by atoms with Crippen LogP contribution < -0.4 is 10.6 Å². The second-order valence-electron chi connectivity index (χ2n) is 6.81. The molecule has 0 saturated carbocycles. The van der Waals surface area contributed by atoms with Crippen molar-refractivity contribution in [2.75, 3.05) is 10.6 Å². The van der Waals surface area contributed by atoms with Gasteiger partial charge in [0, 0.05) is 16.9 Å². The van der Waals surface area contributed by atoms with Crippen LogP contribution in [0.3, 0.4) is 0 Å². The van der Waals surface area contributed by atoms with Crippen LogP contribution in [0.4, 0.5) is 11.4 Å². The largest absolute Gasteiger partial charge is 0.326 e. The zero-order valence-corrected chi connectivity index (χ0v) is 16.6. The third-order valence-electron chi connectivity index (χ3n) is 4.59. The molecule has 5 nitrogen and oxygen atoms in total. The molecule has 3 rings (SSSR count). The van der Waals surface area contributed by atoms with Crippen LogP contribution in [-0.4, -0.2) is 11.8 Å². The van der Waals surface area contributed by atoms with Crippen molar-refractivity contribution in [1.82, 2.24) is 0 Å². The van der Waals surface area contributed by atoms with Gasteiger partial charge in [-0.25, -0.2) is 0 Å². The Morgan fingerprint density at radius 2 is 1.80 bits per heavy atom. The van der Waals surface area contributed by atoms with Gasteiger partial charge in [-0.3, -0.25) is 9.59 Å². The summed E-state index contributed by atoms with van der Waals surface area (Å²) in [6, 6.07) is 22.3. The molecule has 0 aliphatic heterocycles. The van der Waals surface area contributed by atoms with Crippen molar-refractivity contribution < 1.29 is 9.59 Å². The Balaban J connectivity index is 1.77. The number of hydrogen-bond acceptors (Lipinski definition) is 3. The fourth-order valence-corrected chi connectivity index (χ4v) is 3.20. The standard InChI is InChI=1S/C25H21N3O2/c1-3-24(29)28-23-10-5-4-9-22(23)21-12-11-20(13-17(21)2)27-25(30)15-18-7-6-8-19(14-18)16-26/h3-14H,1,15H2,2H3,(H,27,30)(H,28,29). The zero-order chi connectivity index (χ0) is 21.5. The van der Waals surface area contributed by atoms with Crippen LogP contribution in [-0.2, 0) is 16.0 Å². The summed E-state index contributed by atoms with van der Waals surface area (Å²) in [7, 11) is 0. The number of nitriles is 1. The van der Waals surface area contributed by atoms with Crippen molar-refractivity contribution in [3.05, 3.63) is 96.1 Å². The first-order valence-corrected chi connectivity index (χ1v) is 9.42. The first kappa shape index (κ1) is 20.6. The number of nitrogens with one attached hydrogen (secondary N) is 2. The smallest absolute Gasteiger partial charge is 0.247 e. The first-order chi connectivity index (χ1) is 14.5. The second-order valence-corrected chi connectivity index (χ2v) is 6.81. The molecule has 0 saturated heterocycles. The summed E-state index contributed by atoms with van der Waals surface area (Å²) < 4.78 is 0. The van der Waals surface area contributed by atoms with Gasteiger partial charge in [-0.15, -0.1) is 0 Å². The van der Waals surface area contributed by atoms with Gasteiger partial charge in [0.1, 0.15) is 0 Å². The molecule has 0 radical (unpaired) electrons. The highest BCUT2D eigenvalue weighted by atomic mass is 16.2. The van der Waals surface area contributed by atoms with E-state index in [1.165, 1.54) is 6.08 Å². The maximum absolute atomic E-state index is 12.4. The van der Waals surface area contributed by atoms with Crippen molar-refractivity contribution in [3.63, 3.8) is 0 Å². The van der Waals surface area contributed by atoms with Gasteiger partial charge in [-0.1, -0.05) is 43.0 Å². The van der Waals surface area contributed by atoms with E-state index in [2.05, 4.69) is 23.3 Å². The van der Waals surface area contributed by atoms with Crippen LogP contribution >= 0.6 is 0 Å². The summed E-state index contributed by atoms with van der Waals surface area (Å²) >= 11 is 0. The minimum absolute atomic E-state index is 0.157. The molecule has 0 fully saturated rings. The minimum Gasteiger partial charge on any atom is -0.326 e. The van der Waals surface area contributed by atoms with E-state index in [1.807, 2.05) is 55.5 Å². The van der Waals surface area contributed by atoms with Gasteiger partial charge in [-0.05, 0) is 60.0 Å². The normalized spacial score (nSPS) is 10.0. The molecule has 0 heterocycles. The Morgan fingerprint density at radius 3 is 2.53 bits per heavy atom. The van der Waals surface area contributed by atoms with Crippen molar-refractivity contribution in [2.45, 2.75) is 13.3 Å². The summed E-state index contributed by atoms with van der Waals surface area (Å²) in [6.07, 6.45) is 1.42. The monoisotopic (exact) mass is 395 g/mol. The van der Waals surface area contributed by atoms with Gasteiger partial charge >= 0.3 is 0 Å². The number of benzene rings is 3. The first-order valence-electron chi connectivity index (χ1n) is 9.42. The molecule has 0 unspecified atom stereocenters. The lowest BCUT2D eigenvalue weighted by atomic mass is 9.98. The van der Waals surface area contributed by atoms with E-state index in [0.717, 1.165) is 22.3 Å². The summed E-state index contributed by atoms with van der Waals surface area (Å²) in [6.45, 7) is 5.44. The molecular formula is C25H21N3O2. The number of para-hydroxylation sites is 1. The van der Waals surface area contributed by atoms with E-state index < -0.39 is 0 Å². The third kappa shape index (κ3) is 5.00. The predicted molar refractivity (Wildman–Crippen MR) is 119 cm³/mol. The molecule has 0 atom stereocenters. The summed E-state index contributed by atoms with van der Waals surface area (Å²) in [5.74, 6) is -0.430. The van der Waals surface area contributed by atoms with Crippen LogP contribution in [0.2, 0.25) is 0 Å². The molecule has 3 aromatic rings. The highest BCUT2D eigenvalue weighted by molar-refractivity contribution is 6.02. The Labute approximate surface area is 175 Å². The Kier molecular flexibility index (Phi) is 6.41. The summed E-state index contributed by atoms with van der Waals surface area (Å²) in [5, 5.41) is 14.7. The number of nitrogens with zero attached hydrogens (tertiary/aromatic N) is 1. The molecule has 0 aliphatic carbocycles. The van der Waals surface area contributed by atoms with E-state index in [-0.39, 0.29) is 18.2 Å². The highest BCUT2D eigenvalue weighted by Gasteiger charge is 2.11. The van der Waals surface area contributed by atoms with E-state index >= 15 is 0 Å². The Bertz CT molecular complexity index is 1160. The second kappa shape index (κ2) is 9.35. The lowest BCUT2D eigenvalue weighted by Crippen LogP contribution is -2.14. The predicted octanol–water partition coefficient (Wildman–Crippen LogP) is 4.84.